The zero-order valence-electron chi connectivity index (χ0n) is 18.3. The zero-order chi connectivity index (χ0) is 23.0. The minimum absolute atomic E-state index is 0.00759. The smallest absolute Gasteiger partial charge is 0.211 e. The average Bonchev–Trinajstić information content (AvgIpc) is 2.79. The van der Waals surface area contributed by atoms with Gasteiger partial charge in [-0.3, -0.25) is 5.41 Å². The lowest BCUT2D eigenvalue weighted by atomic mass is 10.1. The first-order valence-electron chi connectivity index (χ1n) is 10.9. The van der Waals surface area contributed by atoms with E-state index in [2.05, 4.69) is 10.0 Å². The molecule has 1 fully saturated rings. The van der Waals surface area contributed by atoms with Crippen molar-refractivity contribution in [1.82, 2.24) is 10.0 Å². The first-order valence-corrected chi connectivity index (χ1v) is 12.5. The molecule has 0 aliphatic carbocycles. The van der Waals surface area contributed by atoms with E-state index in [1.165, 1.54) is 0 Å². The van der Waals surface area contributed by atoms with Gasteiger partial charge in [0, 0.05) is 5.56 Å². The molecule has 0 radical (unpaired) electrons. The molecule has 3 rings (SSSR count). The summed E-state index contributed by atoms with van der Waals surface area (Å²) in [6, 6.07) is 14.2. The predicted molar refractivity (Wildman–Crippen MR) is 126 cm³/mol. The Morgan fingerprint density at radius 3 is 2.56 bits per heavy atom. The summed E-state index contributed by atoms with van der Waals surface area (Å²) in [7, 11) is -3.41. The maximum atomic E-state index is 12.2. The first kappa shape index (κ1) is 24.0. The highest BCUT2D eigenvalue weighted by Gasteiger charge is 2.19. The van der Waals surface area contributed by atoms with Crippen LogP contribution in [0.3, 0.4) is 0 Å². The maximum Gasteiger partial charge on any atom is 0.211 e. The second kappa shape index (κ2) is 11.3. The molecule has 1 heterocycles. The maximum absolute atomic E-state index is 12.2. The quantitative estimate of drug-likeness (QED) is 0.300. The van der Waals surface area contributed by atoms with Crippen molar-refractivity contribution in [2.75, 3.05) is 25.4 Å². The van der Waals surface area contributed by atoms with Crippen LogP contribution in [0, 0.1) is 5.41 Å². The standard InChI is InChI=1S/C23H32N4O4S/c1-2-32(28,29)27-19(16-30-22-5-3-4-18(15-22)23(24)25)14-17-6-8-20(9-7-17)31-21-10-12-26-13-11-21/h3-9,15,19,21,26-27H,2,10-14,16H2,1H3,(H3,24,25)/t19-/m0/s1. The van der Waals surface area contributed by atoms with Gasteiger partial charge >= 0.3 is 0 Å². The van der Waals surface area contributed by atoms with Crippen molar-refractivity contribution in [2.24, 2.45) is 5.73 Å². The molecule has 2 aromatic rings. The molecular weight excluding hydrogens is 428 g/mol. The van der Waals surface area contributed by atoms with E-state index in [1.807, 2.05) is 24.3 Å². The van der Waals surface area contributed by atoms with E-state index >= 15 is 0 Å². The fourth-order valence-corrected chi connectivity index (χ4v) is 4.34. The third-order valence-electron chi connectivity index (χ3n) is 5.32. The summed E-state index contributed by atoms with van der Waals surface area (Å²) in [6.45, 7) is 3.69. The normalized spacial score (nSPS) is 15.8. The average molecular weight is 461 g/mol. The van der Waals surface area contributed by atoms with Gasteiger partial charge in [-0.15, -0.1) is 0 Å². The molecule has 0 amide bonds. The Kier molecular flexibility index (Phi) is 8.49. The van der Waals surface area contributed by atoms with Crippen LogP contribution in [0.2, 0.25) is 0 Å². The number of sulfonamides is 1. The minimum Gasteiger partial charge on any atom is -0.492 e. The predicted octanol–water partition coefficient (Wildman–Crippen LogP) is 2.03. The van der Waals surface area contributed by atoms with E-state index in [4.69, 9.17) is 20.6 Å². The summed E-state index contributed by atoms with van der Waals surface area (Å²) in [5, 5.41) is 10.9. The number of nitrogens with one attached hydrogen (secondary N) is 3. The van der Waals surface area contributed by atoms with Gasteiger partial charge in [0.2, 0.25) is 10.0 Å². The molecule has 32 heavy (non-hydrogen) atoms. The Morgan fingerprint density at radius 1 is 1.19 bits per heavy atom. The lowest BCUT2D eigenvalue weighted by Crippen LogP contribution is -2.41. The van der Waals surface area contributed by atoms with Crippen LogP contribution in [0.25, 0.3) is 0 Å². The van der Waals surface area contributed by atoms with E-state index < -0.39 is 16.1 Å². The van der Waals surface area contributed by atoms with Crippen molar-refractivity contribution in [3.05, 3.63) is 59.7 Å². The number of rotatable bonds is 11. The molecule has 5 N–H and O–H groups in total. The van der Waals surface area contributed by atoms with E-state index in [9.17, 15) is 8.42 Å². The van der Waals surface area contributed by atoms with E-state index in [0.717, 1.165) is 37.2 Å². The van der Waals surface area contributed by atoms with Gasteiger partial charge in [-0.2, -0.15) is 0 Å². The van der Waals surface area contributed by atoms with Crippen molar-refractivity contribution in [2.45, 2.75) is 38.3 Å². The fourth-order valence-electron chi connectivity index (χ4n) is 3.52. The Bertz CT molecular complexity index is 989. The second-order valence-electron chi connectivity index (χ2n) is 7.89. The summed E-state index contributed by atoms with van der Waals surface area (Å²) in [5.41, 5.74) is 7.07. The number of benzene rings is 2. The Labute approximate surface area is 190 Å². The van der Waals surface area contributed by atoms with Crippen LogP contribution in [0.15, 0.2) is 48.5 Å². The third kappa shape index (κ3) is 7.51. The molecule has 1 saturated heterocycles. The van der Waals surface area contributed by atoms with E-state index in [-0.39, 0.29) is 24.3 Å². The largest absolute Gasteiger partial charge is 0.492 e. The SMILES string of the molecule is CCS(=O)(=O)N[C@H](COc1cccc(C(=N)N)c1)Cc1ccc(OC2CCNCC2)cc1. The number of hydrogen-bond acceptors (Lipinski definition) is 6. The molecule has 174 valence electrons. The van der Waals surface area contributed by atoms with Gasteiger partial charge < -0.3 is 20.5 Å². The number of ether oxygens (including phenoxy) is 2. The molecule has 1 atom stereocenters. The lowest BCUT2D eigenvalue weighted by Gasteiger charge is -2.24. The van der Waals surface area contributed by atoms with Crippen LogP contribution in [0.4, 0.5) is 0 Å². The van der Waals surface area contributed by atoms with Crippen molar-refractivity contribution >= 4 is 15.9 Å². The Hall–Kier alpha value is -2.62. The highest BCUT2D eigenvalue weighted by atomic mass is 32.2. The molecule has 0 spiro atoms. The molecular formula is C23H32N4O4S. The van der Waals surface area contributed by atoms with Gasteiger partial charge in [0.1, 0.15) is 30.0 Å². The van der Waals surface area contributed by atoms with Gasteiger partial charge in [0.25, 0.3) is 0 Å². The summed E-state index contributed by atoms with van der Waals surface area (Å²) in [5.74, 6) is 1.30. The van der Waals surface area contributed by atoms with Crippen LogP contribution in [0.5, 0.6) is 11.5 Å². The molecule has 0 bridgehead atoms. The number of nitrogens with two attached hydrogens (primary N) is 1. The van der Waals surface area contributed by atoms with Crippen molar-refractivity contribution in [3.8, 4) is 11.5 Å². The van der Waals surface area contributed by atoms with Crippen LogP contribution in [-0.4, -0.2) is 51.8 Å². The molecule has 9 heteroatoms. The summed E-state index contributed by atoms with van der Waals surface area (Å²) < 4.78 is 39.0. The lowest BCUT2D eigenvalue weighted by molar-refractivity contribution is 0.162. The van der Waals surface area contributed by atoms with E-state index in [0.29, 0.717) is 17.7 Å². The molecule has 8 nitrogen and oxygen atoms in total. The fraction of sp³-hybridized carbons (Fsp3) is 0.435. The highest BCUT2D eigenvalue weighted by molar-refractivity contribution is 7.89. The Balaban J connectivity index is 1.64. The van der Waals surface area contributed by atoms with Crippen LogP contribution in [0.1, 0.15) is 30.9 Å². The van der Waals surface area contributed by atoms with Gasteiger partial charge in [0.05, 0.1) is 11.8 Å². The van der Waals surface area contributed by atoms with Crippen LogP contribution < -0.4 is 25.2 Å². The molecule has 2 aromatic carbocycles. The molecule has 1 aliphatic rings. The first-order chi connectivity index (χ1) is 15.3. The molecule has 0 unspecified atom stereocenters. The number of hydrogen-bond donors (Lipinski definition) is 4. The topological polar surface area (TPSA) is 127 Å². The molecule has 0 saturated carbocycles. The van der Waals surface area contributed by atoms with Crippen molar-refractivity contribution in [1.29, 1.82) is 5.41 Å². The highest BCUT2D eigenvalue weighted by Crippen LogP contribution is 2.19. The number of amidine groups is 1. The van der Waals surface area contributed by atoms with Crippen LogP contribution >= 0.6 is 0 Å². The van der Waals surface area contributed by atoms with E-state index in [1.54, 1.807) is 31.2 Å². The second-order valence-corrected chi connectivity index (χ2v) is 9.93. The Morgan fingerprint density at radius 2 is 1.91 bits per heavy atom. The number of piperidine rings is 1. The van der Waals surface area contributed by atoms with Crippen LogP contribution in [-0.2, 0) is 16.4 Å². The van der Waals surface area contributed by atoms with Gasteiger partial charge in [-0.1, -0.05) is 24.3 Å². The van der Waals surface area contributed by atoms with Gasteiger partial charge in [-0.05, 0) is 69.1 Å². The monoisotopic (exact) mass is 460 g/mol. The third-order valence-corrected chi connectivity index (χ3v) is 6.77. The zero-order valence-corrected chi connectivity index (χ0v) is 19.2. The molecule has 1 aliphatic heterocycles. The van der Waals surface area contributed by atoms with Crippen molar-refractivity contribution in [3.63, 3.8) is 0 Å². The minimum atomic E-state index is -3.41. The summed E-state index contributed by atoms with van der Waals surface area (Å²) in [4.78, 5) is 0. The summed E-state index contributed by atoms with van der Waals surface area (Å²) in [6.07, 6.45) is 2.68. The summed E-state index contributed by atoms with van der Waals surface area (Å²) >= 11 is 0. The molecule has 0 aromatic heterocycles. The van der Waals surface area contributed by atoms with Gasteiger partial charge in [0.15, 0.2) is 0 Å². The van der Waals surface area contributed by atoms with Crippen molar-refractivity contribution < 1.29 is 17.9 Å². The van der Waals surface area contributed by atoms with Gasteiger partial charge in [-0.25, -0.2) is 13.1 Å². The number of nitrogen functional groups attached to an aromatic ring is 1.